The van der Waals surface area contributed by atoms with Crippen LogP contribution in [-0.4, -0.2) is 0 Å². The van der Waals surface area contributed by atoms with Gasteiger partial charge in [-0.15, -0.1) is 0 Å². The molecule has 0 atom stereocenters. The SMILES string of the molecule is CC1=CCc2cc(C)ccc2C1. The highest BCUT2D eigenvalue weighted by atomic mass is 14.1. The van der Waals surface area contributed by atoms with Crippen LogP contribution < -0.4 is 0 Å². The molecule has 0 unspecified atom stereocenters. The first-order chi connectivity index (χ1) is 5.75. The molecule has 0 radical (unpaired) electrons. The predicted molar refractivity (Wildman–Crippen MR) is 52.3 cm³/mol. The fraction of sp³-hybridized carbons (Fsp3) is 0.333. The van der Waals surface area contributed by atoms with Crippen molar-refractivity contribution in [3.05, 3.63) is 46.5 Å². The van der Waals surface area contributed by atoms with Crippen molar-refractivity contribution in [2.45, 2.75) is 26.7 Å². The minimum absolute atomic E-state index is 1.13. The van der Waals surface area contributed by atoms with E-state index in [1.807, 2.05) is 0 Å². The molecule has 0 heteroatoms. The Bertz CT molecular complexity index is 332. The summed E-state index contributed by atoms with van der Waals surface area (Å²) in [4.78, 5) is 0. The van der Waals surface area contributed by atoms with Crippen LogP contribution in [0.15, 0.2) is 29.8 Å². The van der Waals surface area contributed by atoms with E-state index in [4.69, 9.17) is 0 Å². The molecule has 0 heterocycles. The largest absolute Gasteiger partial charge is 0.0809 e. The first-order valence-corrected chi connectivity index (χ1v) is 4.50. The van der Waals surface area contributed by atoms with Gasteiger partial charge in [0.15, 0.2) is 0 Å². The number of rotatable bonds is 0. The molecule has 1 aliphatic carbocycles. The van der Waals surface area contributed by atoms with Crippen LogP contribution in [-0.2, 0) is 12.8 Å². The lowest BCUT2D eigenvalue weighted by Crippen LogP contribution is -2.01. The van der Waals surface area contributed by atoms with Gasteiger partial charge in [-0.2, -0.15) is 0 Å². The van der Waals surface area contributed by atoms with Gasteiger partial charge in [0.1, 0.15) is 0 Å². The van der Waals surface area contributed by atoms with Crippen LogP contribution in [0.3, 0.4) is 0 Å². The summed E-state index contributed by atoms with van der Waals surface area (Å²) in [6.07, 6.45) is 4.61. The number of allylic oxidation sites excluding steroid dienone is 2. The summed E-state index contributed by atoms with van der Waals surface area (Å²) in [7, 11) is 0. The molecule has 0 saturated heterocycles. The molecule has 1 aromatic carbocycles. The fourth-order valence-corrected chi connectivity index (χ4v) is 1.77. The van der Waals surface area contributed by atoms with Crippen LogP contribution in [0.1, 0.15) is 23.6 Å². The molecular formula is C12H14. The van der Waals surface area contributed by atoms with Crippen molar-refractivity contribution >= 4 is 0 Å². The molecule has 0 aliphatic heterocycles. The van der Waals surface area contributed by atoms with Crippen molar-refractivity contribution in [2.75, 3.05) is 0 Å². The topological polar surface area (TPSA) is 0 Å². The second-order valence-electron chi connectivity index (χ2n) is 3.70. The van der Waals surface area contributed by atoms with Gasteiger partial charge < -0.3 is 0 Å². The smallest absolute Gasteiger partial charge is 0.00669 e. The Hall–Kier alpha value is -1.04. The first-order valence-electron chi connectivity index (χ1n) is 4.50. The van der Waals surface area contributed by atoms with Crippen molar-refractivity contribution in [3.63, 3.8) is 0 Å². The van der Waals surface area contributed by atoms with E-state index >= 15 is 0 Å². The zero-order valence-electron chi connectivity index (χ0n) is 7.72. The summed E-state index contributed by atoms with van der Waals surface area (Å²) in [5, 5.41) is 0. The number of aryl methyl sites for hydroxylation is 1. The maximum atomic E-state index is 2.34. The Morgan fingerprint density at radius 2 is 1.92 bits per heavy atom. The van der Waals surface area contributed by atoms with Crippen molar-refractivity contribution < 1.29 is 0 Å². The minimum Gasteiger partial charge on any atom is -0.0809 e. The summed E-state index contributed by atoms with van der Waals surface area (Å²) in [5.41, 5.74) is 5.91. The van der Waals surface area contributed by atoms with Crippen LogP contribution in [0.25, 0.3) is 0 Å². The average molecular weight is 158 g/mol. The molecule has 0 spiro atoms. The quantitative estimate of drug-likeness (QED) is 0.509. The Morgan fingerprint density at radius 1 is 1.08 bits per heavy atom. The maximum Gasteiger partial charge on any atom is -0.00669 e. The van der Waals surface area contributed by atoms with Gasteiger partial charge in [-0.25, -0.2) is 0 Å². The molecule has 0 bridgehead atoms. The van der Waals surface area contributed by atoms with Crippen LogP contribution in [0.5, 0.6) is 0 Å². The summed E-state index contributed by atoms with van der Waals surface area (Å²) >= 11 is 0. The summed E-state index contributed by atoms with van der Waals surface area (Å²) in [6.45, 7) is 4.37. The highest BCUT2D eigenvalue weighted by Gasteiger charge is 2.07. The molecule has 0 N–H and O–H groups in total. The maximum absolute atomic E-state index is 2.34. The monoisotopic (exact) mass is 158 g/mol. The van der Waals surface area contributed by atoms with Gasteiger partial charge in [-0.05, 0) is 37.8 Å². The van der Waals surface area contributed by atoms with Crippen molar-refractivity contribution in [1.82, 2.24) is 0 Å². The van der Waals surface area contributed by atoms with Crippen LogP contribution in [0.4, 0.5) is 0 Å². The van der Waals surface area contributed by atoms with Crippen LogP contribution in [0, 0.1) is 6.92 Å². The predicted octanol–water partition coefficient (Wildman–Crippen LogP) is 3.04. The van der Waals surface area contributed by atoms with Crippen molar-refractivity contribution in [3.8, 4) is 0 Å². The average Bonchev–Trinajstić information content (AvgIpc) is 2.05. The van der Waals surface area contributed by atoms with Gasteiger partial charge in [0, 0.05) is 0 Å². The standard InChI is InChI=1S/C12H14/c1-9-3-5-12-8-10(2)4-6-11(12)7-9/h3-5,7H,6,8H2,1-2H3. The molecule has 1 aromatic rings. The van der Waals surface area contributed by atoms with Crippen LogP contribution >= 0.6 is 0 Å². The molecule has 2 rings (SSSR count). The van der Waals surface area contributed by atoms with E-state index in [1.165, 1.54) is 22.3 Å². The number of fused-ring (bicyclic) bond motifs is 1. The highest BCUT2D eigenvalue weighted by Crippen LogP contribution is 2.21. The van der Waals surface area contributed by atoms with E-state index in [0.717, 1.165) is 12.8 Å². The third-order valence-corrected chi connectivity index (χ3v) is 2.50. The zero-order valence-corrected chi connectivity index (χ0v) is 7.72. The van der Waals surface area contributed by atoms with Gasteiger partial charge in [0.25, 0.3) is 0 Å². The molecule has 62 valence electrons. The molecular weight excluding hydrogens is 144 g/mol. The number of hydrogen-bond acceptors (Lipinski definition) is 0. The van der Waals surface area contributed by atoms with Crippen LogP contribution in [0.2, 0.25) is 0 Å². The van der Waals surface area contributed by atoms with Gasteiger partial charge in [-0.1, -0.05) is 35.4 Å². The second-order valence-corrected chi connectivity index (χ2v) is 3.70. The Morgan fingerprint density at radius 3 is 2.75 bits per heavy atom. The summed E-state index contributed by atoms with van der Waals surface area (Å²) < 4.78 is 0. The molecule has 1 aliphatic rings. The van der Waals surface area contributed by atoms with Gasteiger partial charge in [0.2, 0.25) is 0 Å². The highest BCUT2D eigenvalue weighted by molar-refractivity contribution is 5.38. The molecule has 0 saturated carbocycles. The van der Waals surface area contributed by atoms with Crippen molar-refractivity contribution in [2.24, 2.45) is 0 Å². The first kappa shape index (κ1) is 7.60. The van der Waals surface area contributed by atoms with Gasteiger partial charge >= 0.3 is 0 Å². The van der Waals surface area contributed by atoms with Crippen molar-refractivity contribution in [1.29, 1.82) is 0 Å². The lowest BCUT2D eigenvalue weighted by Gasteiger charge is -2.14. The van der Waals surface area contributed by atoms with Gasteiger partial charge in [-0.3, -0.25) is 0 Å². The Labute approximate surface area is 73.9 Å². The number of benzene rings is 1. The third kappa shape index (κ3) is 1.29. The molecule has 12 heavy (non-hydrogen) atoms. The lowest BCUT2D eigenvalue weighted by molar-refractivity contribution is 1.01. The zero-order chi connectivity index (χ0) is 8.55. The lowest BCUT2D eigenvalue weighted by atomic mass is 9.91. The molecule has 0 nitrogen and oxygen atoms in total. The third-order valence-electron chi connectivity index (χ3n) is 2.50. The molecule has 0 aromatic heterocycles. The molecule has 0 fully saturated rings. The number of hydrogen-bond donors (Lipinski definition) is 0. The summed E-state index contributed by atoms with van der Waals surface area (Å²) in [5.74, 6) is 0. The Kier molecular flexibility index (Phi) is 1.76. The van der Waals surface area contributed by atoms with E-state index in [1.54, 1.807) is 0 Å². The Balaban J connectivity index is 2.43. The van der Waals surface area contributed by atoms with E-state index in [9.17, 15) is 0 Å². The van der Waals surface area contributed by atoms with E-state index in [2.05, 4.69) is 38.1 Å². The normalized spacial score (nSPS) is 15.3. The second kappa shape index (κ2) is 2.78. The molecule has 0 amide bonds. The fourth-order valence-electron chi connectivity index (χ4n) is 1.77. The minimum atomic E-state index is 1.13. The van der Waals surface area contributed by atoms with E-state index in [-0.39, 0.29) is 0 Å². The van der Waals surface area contributed by atoms with Gasteiger partial charge in [0.05, 0.1) is 0 Å². The summed E-state index contributed by atoms with van der Waals surface area (Å²) in [6, 6.07) is 6.77. The van der Waals surface area contributed by atoms with E-state index < -0.39 is 0 Å². The van der Waals surface area contributed by atoms with E-state index in [0.29, 0.717) is 0 Å².